The first-order valence-corrected chi connectivity index (χ1v) is 6.30. The van der Waals surface area contributed by atoms with Gasteiger partial charge in [0.2, 0.25) is 5.78 Å². The Morgan fingerprint density at radius 2 is 1.81 bits per heavy atom. The molecule has 0 aliphatic rings. The number of fused-ring (bicyclic) bond motifs is 1. The SMILES string of the molecule is Cc1ccc2oc(C(=O)c3ccccc3C(=O)O)nc2c1. The minimum absolute atomic E-state index is 0.0632. The van der Waals surface area contributed by atoms with E-state index in [1.165, 1.54) is 12.1 Å². The summed E-state index contributed by atoms with van der Waals surface area (Å²) in [4.78, 5) is 27.7. The van der Waals surface area contributed by atoms with Crippen molar-refractivity contribution in [3.05, 3.63) is 65.0 Å². The standard InChI is InChI=1S/C16H11NO4/c1-9-6-7-13-12(8-9)17-15(21-13)14(18)10-4-2-3-5-11(10)16(19)20/h2-8H,1H3,(H,19,20). The van der Waals surface area contributed by atoms with Crippen molar-refractivity contribution in [1.82, 2.24) is 4.98 Å². The zero-order chi connectivity index (χ0) is 15.0. The molecule has 0 fully saturated rings. The number of carbonyl (C=O) groups excluding carboxylic acids is 1. The molecular formula is C16H11NO4. The minimum atomic E-state index is -1.16. The molecule has 0 unspecified atom stereocenters. The molecule has 1 aromatic heterocycles. The van der Waals surface area contributed by atoms with Crippen molar-refractivity contribution in [1.29, 1.82) is 0 Å². The van der Waals surface area contributed by atoms with Gasteiger partial charge in [0.1, 0.15) is 5.52 Å². The highest BCUT2D eigenvalue weighted by molar-refractivity contribution is 6.12. The molecule has 3 aromatic rings. The summed E-state index contributed by atoms with van der Waals surface area (Å²) >= 11 is 0. The van der Waals surface area contributed by atoms with Gasteiger partial charge in [0.05, 0.1) is 5.56 Å². The van der Waals surface area contributed by atoms with Crippen molar-refractivity contribution in [2.45, 2.75) is 6.92 Å². The molecule has 1 N–H and O–H groups in total. The lowest BCUT2D eigenvalue weighted by atomic mass is 10.0. The molecule has 3 rings (SSSR count). The maximum Gasteiger partial charge on any atom is 0.336 e. The maximum absolute atomic E-state index is 12.4. The number of oxazole rings is 1. The molecule has 0 aliphatic carbocycles. The molecule has 5 heteroatoms. The molecule has 0 spiro atoms. The van der Waals surface area contributed by atoms with Gasteiger partial charge in [-0.15, -0.1) is 0 Å². The third-order valence-electron chi connectivity index (χ3n) is 3.14. The topological polar surface area (TPSA) is 80.4 Å². The Hall–Kier alpha value is -2.95. The van der Waals surface area contributed by atoms with Crippen LogP contribution in [0.25, 0.3) is 11.1 Å². The Balaban J connectivity index is 2.10. The zero-order valence-electron chi connectivity index (χ0n) is 11.2. The Kier molecular flexibility index (Phi) is 3.02. The van der Waals surface area contributed by atoms with Gasteiger partial charge < -0.3 is 9.52 Å². The normalized spacial score (nSPS) is 10.7. The number of ketones is 1. The van der Waals surface area contributed by atoms with E-state index >= 15 is 0 Å². The van der Waals surface area contributed by atoms with Crippen LogP contribution in [0.2, 0.25) is 0 Å². The van der Waals surface area contributed by atoms with Crippen LogP contribution in [0.1, 0.15) is 32.2 Å². The fourth-order valence-corrected chi connectivity index (χ4v) is 2.12. The Morgan fingerprint density at radius 3 is 2.52 bits per heavy atom. The fraction of sp³-hybridized carbons (Fsp3) is 0.0625. The summed E-state index contributed by atoms with van der Waals surface area (Å²) in [5, 5.41) is 9.13. The van der Waals surface area contributed by atoms with Gasteiger partial charge in [-0.25, -0.2) is 9.78 Å². The van der Waals surface area contributed by atoms with E-state index in [4.69, 9.17) is 9.52 Å². The van der Waals surface area contributed by atoms with E-state index in [2.05, 4.69) is 4.98 Å². The quantitative estimate of drug-likeness (QED) is 0.746. The van der Waals surface area contributed by atoms with E-state index in [1.807, 2.05) is 13.0 Å². The fourth-order valence-electron chi connectivity index (χ4n) is 2.12. The number of aromatic carboxylic acids is 1. The van der Waals surface area contributed by atoms with Crippen LogP contribution in [-0.4, -0.2) is 21.8 Å². The Bertz CT molecular complexity index is 864. The second kappa shape index (κ2) is 4.86. The molecule has 0 bridgehead atoms. The third kappa shape index (κ3) is 2.29. The van der Waals surface area contributed by atoms with Crippen molar-refractivity contribution in [2.24, 2.45) is 0 Å². The summed E-state index contributed by atoms with van der Waals surface area (Å²) in [5.41, 5.74) is 2.07. The lowest BCUT2D eigenvalue weighted by molar-refractivity contribution is 0.0692. The average molecular weight is 281 g/mol. The predicted molar refractivity (Wildman–Crippen MR) is 75.6 cm³/mol. The summed E-state index contributed by atoms with van der Waals surface area (Å²) in [6, 6.07) is 11.4. The largest absolute Gasteiger partial charge is 0.478 e. The van der Waals surface area contributed by atoms with Crippen molar-refractivity contribution in [3.63, 3.8) is 0 Å². The van der Waals surface area contributed by atoms with Crippen molar-refractivity contribution >= 4 is 22.9 Å². The van der Waals surface area contributed by atoms with E-state index in [1.54, 1.807) is 24.3 Å². The Labute approximate surface area is 119 Å². The number of hydrogen-bond acceptors (Lipinski definition) is 4. The zero-order valence-corrected chi connectivity index (χ0v) is 11.2. The van der Waals surface area contributed by atoms with Gasteiger partial charge in [0.15, 0.2) is 5.58 Å². The number of rotatable bonds is 3. The number of hydrogen-bond donors (Lipinski definition) is 1. The molecule has 0 saturated carbocycles. The third-order valence-corrected chi connectivity index (χ3v) is 3.14. The van der Waals surface area contributed by atoms with E-state index in [-0.39, 0.29) is 17.0 Å². The molecule has 1 heterocycles. The number of carbonyl (C=O) groups is 2. The van der Waals surface area contributed by atoms with Crippen LogP contribution < -0.4 is 0 Å². The second-order valence-corrected chi connectivity index (χ2v) is 4.67. The van der Waals surface area contributed by atoms with E-state index in [9.17, 15) is 9.59 Å². The number of aryl methyl sites for hydroxylation is 1. The summed E-state index contributed by atoms with van der Waals surface area (Å²) < 4.78 is 5.42. The monoisotopic (exact) mass is 281 g/mol. The summed E-state index contributed by atoms with van der Waals surface area (Å²) in [5.74, 6) is -1.81. The molecule has 2 aromatic carbocycles. The van der Waals surface area contributed by atoms with E-state index in [0.29, 0.717) is 11.1 Å². The van der Waals surface area contributed by atoms with Crippen LogP contribution in [0, 0.1) is 6.92 Å². The number of carboxylic acids is 1. The van der Waals surface area contributed by atoms with Gasteiger partial charge in [0, 0.05) is 5.56 Å². The highest BCUT2D eigenvalue weighted by atomic mass is 16.4. The van der Waals surface area contributed by atoms with Gasteiger partial charge in [0.25, 0.3) is 5.89 Å². The summed E-state index contributed by atoms with van der Waals surface area (Å²) in [6.07, 6.45) is 0. The van der Waals surface area contributed by atoms with Crippen LogP contribution in [0.4, 0.5) is 0 Å². The molecule has 5 nitrogen and oxygen atoms in total. The molecular weight excluding hydrogens is 270 g/mol. The van der Waals surface area contributed by atoms with E-state index in [0.717, 1.165) is 5.56 Å². The highest BCUT2D eigenvalue weighted by Gasteiger charge is 2.21. The van der Waals surface area contributed by atoms with Crippen LogP contribution in [-0.2, 0) is 0 Å². The van der Waals surface area contributed by atoms with Gasteiger partial charge >= 0.3 is 5.97 Å². The maximum atomic E-state index is 12.4. The van der Waals surface area contributed by atoms with Crippen LogP contribution in [0.5, 0.6) is 0 Å². The molecule has 0 radical (unpaired) electrons. The summed E-state index contributed by atoms with van der Waals surface area (Å²) in [7, 11) is 0. The number of benzene rings is 2. The van der Waals surface area contributed by atoms with Crippen molar-refractivity contribution in [3.8, 4) is 0 Å². The molecule has 21 heavy (non-hydrogen) atoms. The van der Waals surface area contributed by atoms with E-state index < -0.39 is 11.8 Å². The lowest BCUT2D eigenvalue weighted by Gasteiger charge is -2.01. The van der Waals surface area contributed by atoms with Crippen molar-refractivity contribution < 1.29 is 19.1 Å². The van der Waals surface area contributed by atoms with Crippen LogP contribution in [0.15, 0.2) is 46.9 Å². The van der Waals surface area contributed by atoms with Gasteiger partial charge in [-0.05, 0) is 36.8 Å². The number of carboxylic acid groups (broad SMARTS) is 1. The molecule has 104 valence electrons. The second-order valence-electron chi connectivity index (χ2n) is 4.67. The average Bonchev–Trinajstić information content (AvgIpc) is 2.89. The predicted octanol–water partition coefficient (Wildman–Crippen LogP) is 3.07. The van der Waals surface area contributed by atoms with Gasteiger partial charge in [-0.1, -0.05) is 18.2 Å². The number of nitrogens with zero attached hydrogens (tertiary/aromatic N) is 1. The van der Waals surface area contributed by atoms with Crippen LogP contribution in [0.3, 0.4) is 0 Å². The summed E-state index contributed by atoms with van der Waals surface area (Å²) in [6.45, 7) is 1.91. The smallest absolute Gasteiger partial charge is 0.336 e. The first kappa shape index (κ1) is 13.1. The first-order chi connectivity index (χ1) is 10.1. The lowest BCUT2D eigenvalue weighted by Crippen LogP contribution is -2.09. The number of aromatic nitrogens is 1. The van der Waals surface area contributed by atoms with Crippen molar-refractivity contribution in [2.75, 3.05) is 0 Å². The van der Waals surface area contributed by atoms with Gasteiger partial charge in [-0.2, -0.15) is 0 Å². The van der Waals surface area contributed by atoms with Crippen LogP contribution >= 0.6 is 0 Å². The molecule has 0 atom stereocenters. The first-order valence-electron chi connectivity index (χ1n) is 6.30. The molecule has 0 amide bonds. The highest BCUT2D eigenvalue weighted by Crippen LogP contribution is 2.20. The minimum Gasteiger partial charge on any atom is -0.478 e. The molecule has 0 saturated heterocycles. The Morgan fingerprint density at radius 1 is 1.10 bits per heavy atom. The van der Waals surface area contributed by atoms with Gasteiger partial charge in [-0.3, -0.25) is 4.79 Å². The molecule has 0 aliphatic heterocycles.